The van der Waals surface area contributed by atoms with Crippen molar-refractivity contribution >= 4 is 23.6 Å². The molecule has 140 valence electrons. The topological polar surface area (TPSA) is 49.3 Å². The van der Waals surface area contributed by atoms with Crippen molar-refractivity contribution in [3.63, 3.8) is 0 Å². The molecule has 4 heteroatoms. The number of hydrogen-bond donors (Lipinski definition) is 2. The van der Waals surface area contributed by atoms with Gasteiger partial charge in [0.25, 0.3) is 0 Å². The first-order valence-electron chi connectivity index (χ1n) is 9.05. The molecule has 0 aliphatic carbocycles. The van der Waals surface area contributed by atoms with Crippen molar-refractivity contribution in [1.29, 1.82) is 0 Å². The fourth-order valence-electron chi connectivity index (χ4n) is 3.16. The predicted octanol–water partition coefficient (Wildman–Crippen LogP) is 5.34. The Morgan fingerprint density at radius 2 is 1.33 bits per heavy atom. The molecule has 3 nitrogen and oxygen atoms in total. The van der Waals surface area contributed by atoms with Crippen LogP contribution in [0.15, 0.2) is 72.8 Å². The van der Waals surface area contributed by atoms with E-state index in [2.05, 4.69) is 25.9 Å². The van der Waals surface area contributed by atoms with Crippen LogP contribution in [0, 0.1) is 6.92 Å². The standard InChI is InChI=1S/C23H26NO2P/c1-17-15-20(23(2,3)4)22(25)21(16-17)24-27(26,18-11-7-5-8-12-18)19-13-9-6-10-14-19/h5-16,25H,1-4H3,(H,24,26). The second-order valence-corrected chi connectivity index (χ2v) is 10.3. The van der Waals surface area contributed by atoms with Crippen molar-refractivity contribution in [1.82, 2.24) is 0 Å². The molecule has 0 fully saturated rings. The van der Waals surface area contributed by atoms with Gasteiger partial charge < -0.3 is 10.2 Å². The number of hydrogen-bond acceptors (Lipinski definition) is 2. The Morgan fingerprint density at radius 3 is 1.78 bits per heavy atom. The predicted molar refractivity (Wildman–Crippen MR) is 115 cm³/mol. The lowest BCUT2D eigenvalue weighted by Gasteiger charge is -2.26. The summed E-state index contributed by atoms with van der Waals surface area (Å²) >= 11 is 0. The summed E-state index contributed by atoms with van der Waals surface area (Å²) in [4.78, 5) is 0. The Morgan fingerprint density at radius 1 is 0.852 bits per heavy atom. The molecule has 3 rings (SSSR count). The van der Waals surface area contributed by atoms with Crippen LogP contribution >= 0.6 is 7.29 Å². The first-order chi connectivity index (χ1) is 12.7. The molecular weight excluding hydrogens is 353 g/mol. The van der Waals surface area contributed by atoms with Gasteiger partial charge in [0.05, 0.1) is 5.69 Å². The molecule has 0 heterocycles. The molecule has 0 aliphatic rings. The van der Waals surface area contributed by atoms with E-state index in [0.717, 1.165) is 11.1 Å². The molecule has 0 bridgehead atoms. The summed E-state index contributed by atoms with van der Waals surface area (Å²) in [5.41, 5.74) is 2.11. The minimum atomic E-state index is -3.17. The lowest BCUT2D eigenvalue weighted by Crippen LogP contribution is -2.22. The Balaban J connectivity index is 2.18. The highest BCUT2D eigenvalue weighted by molar-refractivity contribution is 7.80. The lowest BCUT2D eigenvalue weighted by molar-refractivity contribution is 0.449. The van der Waals surface area contributed by atoms with Gasteiger partial charge in [-0.15, -0.1) is 0 Å². The van der Waals surface area contributed by atoms with Crippen LogP contribution in [0.1, 0.15) is 31.9 Å². The highest BCUT2D eigenvalue weighted by Crippen LogP contribution is 2.47. The number of phenols is 1. The Kier molecular flexibility index (Phi) is 5.17. The van der Waals surface area contributed by atoms with Crippen LogP contribution in [0.25, 0.3) is 0 Å². The van der Waals surface area contributed by atoms with Gasteiger partial charge in [-0.1, -0.05) is 63.2 Å². The third kappa shape index (κ3) is 3.94. The van der Waals surface area contributed by atoms with Crippen LogP contribution in [0.5, 0.6) is 5.75 Å². The van der Waals surface area contributed by atoms with Crippen LogP contribution in [0.4, 0.5) is 5.69 Å². The van der Waals surface area contributed by atoms with E-state index in [1.165, 1.54) is 0 Å². The largest absolute Gasteiger partial charge is 0.505 e. The van der Waals surface area contributed by atoms with E-state index in [4.69, 9.17) is 0 Å². The lowest BCUT2D eigenvalue weighted by atomic mass is 9.85. The van der Waals surface area contributed by atoms with Crippen molar-refractivity contribution in [2.45, 2.75) is 33.1 Å². The second-order valence-electron chi connectivity index (χ2n) is 7.85. The second kappa shape index (κ2) is 7.25. The van der Waals surface area contributed by atoms with E-state index in [1.54, 1.807) is 0 Å². The van der Waals surface area contributed by atoms with Crippen LogP contribution < -0.4 is 15.7 Å². The van der Waals surface area contributed by atoms with E-state index in [0.29, 0.717) is 16.3 Å². The van der Waals surface area contributed by atoms with Crippen molar-refractivity contribution in [2.75, 3.05) is 5.09 Å². The summed E-state index contributed by atoms with van der Waals surface area (Å²) in [5, 5.41) is 15.5. The monoisotopic (exact) mass is 379 g/mol. The van der Waals surface area contributed by atoms with E-state index in [-0.39, 0.29) is 11.2 Å². The maximum atomic E-state index is 14.2. The average Bonchev–Trinajstić information content (AvgIpc) is 2.65. The van der Waals surface area contributed by atoms with Crippen LogP contribution in [0.2, 0.25) is 0 Å². The summed E-state index contributed by atoms with van der Waals surface area (Å²) in [7, 11) is -3.17. The normalized spacial score (nSPS) is 12.0. The van der Waals surface area contributed by atoms with Crippen LogP contribution in [-0.4, -0.2) is 5.11 Å². The zero-order valence-corrected chi connectivity index (χ0v) is 17.1. The fraction of sp³-hybridized carbons (Fsp3) is 0.217. The molecule has 0 saturated heterocycles. The van der Waals surface area contributed by atoms with E-state index >= 15 is 0 Å². The average molecular weight is 379 g/mol. The first kappa shape index (κ1) is 19.3. The summed E-state index contributed by atoms with van der Waals surface area (Å²) in [6.07, 6.45) is 0. The zero-order valence-electron chi connectivity index (χ0n) is 16.2. The Labute approximate surface area is 161 Å². The van der Waals surface area contributed by atoms with Gasteiger partial charge in [0, 0.05) is 16.2 Å². The molecule has 0 saturated carbocycles. The molecule has 0 aliphatic heterocycles. The number of phenolic OH excluding ortho intramolecular Hbond substituents is 1. The minimum absolute atomic E-state index is 0.153. The maximum absolute atomic E-state index is 14.2. The van der Waals surface area contributed by atoms with Gasteiger partial charge in [0.15, 0.2) is 0 Å². The zero-order chi connectivity index (χ0) is 19.7. The number of benzene rings is 3. The summed E-state index contributed by atoms with van der Waals surface area (Å²) < 4.78 is 14.2. The van der Waals surface area contributed by atoms with Crippen molar-refractivity contribution < 1.29 is 9.67 Å². The Hall–Kier alpha value is -2.51. The molecule has 0 unspecified atom stereocenters. The van der Waals surface area contributed by atoms with Gasteiger partial charge in [-0.2, -0.15) is 0 Å². The highest BCUT2D eigenvalue weighted by atomic mass is 31.2. The van der Waals surface area contributed by atoms with E-state index in [1.807, 2.05) is 79.7 Å². The third-order valence-corrected chi connectivity index (χ3v) is 7.19. The SMILES string of the molecule is Cc1cc(NP(=O)(c2ccccc2)c2ccccc2)c(O)c(C(C)(C)C)c1. The van der Waals surface area contributed by atoms with Crippen molar-refractivity contribution in [2.24, 2.45) is 0 Å². The van der Waals surface area contributed by atoms with Crippen LogP contribution in [0.3, 0.4) is 0 Å². The molecule has 27 heavy (non-hydrogen) atoms. The molecule has 3 aromatic carbocycles. The fourth-order valence-corrected chi connectivity index (χ4v) is 5.41. The number of anilines is 1. The molecule has 0 radical (unpaired) electrons. The summed E-state index contributed by atoms with van der Waals surface area (Å²) in [5.74, 6) is 0.153. The summed E-state index contributed by atoms with van der Waals surface area (Å²) in [6.45, 7) is 8.15. The number of rotatable bonds is 4. The highest BCUT2D eigenvalue weighted by Gasteiger charge is 2.30. The van der Waals surface area contributed by atoms with Gasteiger partial charge in [-0.05, 0) is 48.2 Å². The van der Waals surface area contributed by atoms with Gasteiger partial charge in [-0.25, -0.2) is 0 Å². The summed E-state index contributed by atoms with van der Waals surface area (Å²) in [6, 6.07) is 22.6. The van der Waals surface area contributed by atoms with Gasteiger partial charge >= 0.3 is 0 Å². The number of aromatic hydroxyl groups is 1. The van der Waals surface area contributed by atoms with Gasteiger partial charge in [0.1, 0.15) is 5.75 Å². The molecular formula is C23H26NO2P. The van der Waals surface area contributed by atoms with E-state index < -0.39 is 7.29 Å². The number of nitrogens with one attached hydrogen (secondary N) is 1. The van der Waals surface area contributed by atoms with Crippen molar-refractivity contribution in [3.8, 4) is 5.75 Å². The molecule has 2 N–H and O–H groups in total. The van der Waals surface area contributed by atoms with Gasteiger partial charge in [-0.3, -0.25) is 4.57 Å². The quantitative estimate of drug-likeness (QED) is 0.475. The van der Waals surface area contributed by atoms with Crippen LogP contribution in [-0.2, 0) is 9.98 Å². The molecule has 3 aromatic rings. The Bertz CT molecular complexity index is 933. The van der Waals surface area contributed by atoms with Gasteiger partial charge in [0.2, 0.25) is 7.29 Å². The van der Waals surface area contributed by atoms with E-state index in [9.17, 15) is 9.67 Å². The number of aryl methyl sites for hydroxylation is 1. The maximum Gasteiger partial charge on any atom is 0.227 e. The smallest absolute Gasteiger partial charge is 0.227 e. The third-order valence-electron chi connectivity index (χ3n) is 4.58. The minimum Gasteiger partial charge on any atom is -0.505 e. The molecule has 0 amide bonds. The molecule has 0 aromatic heterocycles. The first-order valence-corrected chi connectivity index (χ1v) is 10.8. The molecule has 0 spiro atoms. The molecule has 0 atom stereocenters. The van der Waals surface area contributed by atoms with Crippen molar-refractivity contribution in [3.05, 3.63) is 83.9 Å².